The predicted molar refractivity (Wildman–Crippen MR) is 101 cm³/mol. The lowest BCUT2D eigenvalue weighted by Gasteiger charge is -2.10. The topological polar surface area (TPSA) is 52.5 Å². The lowest BCUT2D eigenvalue weighted by molar-refractivity contribution is 0.0955. The SMILES string of the molecule is COc1ccc(CNC(=O)c2cc3cn(C(C)C)cc3s2)cc1OC. The monoisotopic (exact) mass is 358 g/mol. The van der Waals surface area contributed by atoms with Crippen LogP contribution >= 0.6 is 11.3 Å². The molecule has 0 aliphatic heterocycles. The number of methoxy groups -OCH3 is 2. The van der Waals surface area contributed by atoms with E-state index in [9.17, 15) is 4.79 Å². The van der Waals surface area contributed by atoms with Crippen LogP contribution in [-0.4, -0.2) is 24.7 Å². The van der Waals surface area contributed by atoms with Crippen molar-refractivity contribution in [2.24, 2.45) is 0 Å². The molecule has 0 saturated carbocycles. The van der Waals surface area contributed by atoms with Crippen LogP contribution in [0.3, 0.4) is 0 Å². The Morgan fingerprint density at radius 1 is 1.16 bits per heavy atom. The van der Waals surface area contributed by atoms with E-state index < -0.39 is 0 Å². The molecule has 1 aromatic carbocycles. The van der Waals surface area contributed by atoms with Gasteiger partial charge in [0.25, 0.3) is 5.91 Å². The Bertz CT molecular complexity index is 864. The second-order valence-corrected chi connectivity index (χ2v) is 7.19. The summed E-state index contributed by atoms with van der Waals surface area (Å²) in [5.74, 6) is 1.27. The highest BCUT2D eigenvalue weighted by molar-refractivity contribution is 7.20. The molecule has 3 rings (SSSR count). The van der Waals surface area contributed by atoms with Gasteiger partial charge in [0.05, 0.1) is 23.8 Å². The van der Waals surface area contributed by atoms with Gasteiger partial charge in [-0.3, -0.25) is 4.79 Å². The van der Waals surface area contributed by atoms with Crippen LogP contribution in [0.25, 0.3) is 10.1 Å². The standard InChI is InChI=1S/C19H22N2O3S/c1-12(2)21-10-14-8-17(25-18(14)11-21)19(22)20-9-13-5-6-15(23-3)16(7-13)24-4/h5-8,10-12H,9H2,1-4H3,(H,20,22). The molecular weight excluding hydrogens is 336 g/mol. The molecule has 6 heteroatoms. The molecule has 25 heavy (non-hydrogen) atoms. The predicted octanol–water partition coefficient (Wildman–Crippen LogP) is 4.23. The average molecular weight is 358 g/mol. The van der Waals surface area contributed by atoms with Crippen molar-refractivity contribution in [1.29, 1.82) is 0 Å². The third-order valence-corrected chi connectivity index (χ3v) is 5.15. The molecule has 0 radical (unpaired) electrons. The second kappa shape index (κ2) is 7.19. The first-order valence-electron chi connectivity index (χ1n) is 8.12. The van der Waals surface area contributed by atoms with Gasteiger partial charge in [0.1, 0.15) is 0 Å². The number of ether oxygens (including phenoxy) is 2. The summed E-state index contributed by atoms with van der Waals surface area (Å²) in [5.41, 5.74) is 0.958. The Labute approximate surface area is 151 Å². The van der Waals surface area contributed by atoms with Crippen LogP contribution in [0.4, 0.5) is 0 Å². The first-order valence-corrected chi connectivity index (χ1v) is 8.93. The van der Waals surface area contributed by atoms with E-state index in [1.165, 1.54) is 11.3 Å². The number of aromatic nitrogens is 1. The van der Waals surface area contributed by atoms with Crippen molar-refractivity contribution in [3.8, 4) is 11.5 Å². The number of thiophene rings is 1. The van der Waals surface area contributed by atoms with Gasteiger partial charge in [-0.2, -0.15) is 0 Å². The summed E-state index contributed by atoms with van der Waals surface area (Å²) < 4.78 is 13.8. The molecular formula is C19H22N2O3S. The van der Waals surface area contributed by atoms with Gasteiger partial charge in [0.15, 0.2) is 11.5 Å². The van der Waals surface area contributed by atoms with Crippen molar-refractivity contribution in [3.05, 3.63) is 47.1 Å². The first kappa shape index (κ1) is 17.4. The molecule has 0 atom stereocenters. The van der Waals surface area contributed by atoms with E-state index in [1.807, 2.05) is 24.3 Å². The molecule has 0 bridgehead atoms. The molecule has 3 aromatic rings. The summed E-state index contributed by atoms with van der Waals surface area (Å²) in [5, 5.41) is 4.07. The molecule has 1 amide bonds. The Morgan fingerprint density at radius 3 is 2.56 bits per heavy atom. The number of fused-ring (bicyclic) bond motifs is 1. The van der Waals surface area contributed by atoms with E-state index in [0.29, 0.717) is 24.1 Å². The largest absolute Gasteiger partial charge is 0.493 e. The Hall–Kier alpha value is -2.47. The molecule has 0 unspecified atom stereocenters. The molecule has 132 valence electrons. The number of carbonyl (C=O) groups is 1. The van der Waals surface area contributed by atoms with Crippen molar-refractivity contribution in [2.45, 2.75) is 26.4 Å². The maximum atomic E-state index is 12.4. The van der Waals surface area contributed by atoms with Gasteiger partial charge < -0.3 is 19.4 Å². The lowest BCUT2D eigenvalue weighted by atomic mass is 10.2. The van der Waals surface area contributed by atoms with Gasteiger partial charge in [0.2, 0.25) is 0 Å². The van der Waals surface area contributed by atoms with E-state index >= 15 is 0 Å². The highest BCUT2D eigenvalue weighted by Crippen LogP contribution is 2.29. The Morgan fingerprint density at radius 2 is 1.92 bits per heavy atom. The third kappa shape index (κ3) is 3.64. The minimum Gasteiger partial charge on any atom is -0.493 e. The summed E-state index contributed by atoms with van der Waals surface area (Å²) in [4.78, 5) is 13.1. The van der Waals surface area contributed by atoms with Crippen LogP contribution in [0, 0.1) is 0 Å². The highest BCUT2D eigenvalue weighted by Gasteiger charge is 2.13. The number of amides is 1. The van der Waals surface area contributed by atoms with E-state index in [-0.39, 0.29) is 5.91 Å². The number of carbonyl (C=O) groups excluding carboxylic acids is 1. The molecule has 2 aromatic heterocycles. The highest BCUT2D eigenvalue weighted by atomic mass is 32.1. The van der Waals surface area contributed by atoms with Gasteiger partial charge in [-0.15, -0.1) is 11.3 Å². The summed E-state index contributed by atoms with van der Waals surface area (Å²) in [7, 11) is 3.20. The summed E-state index contributed by atoms with van der Waals surface area (Å²) in [6.07, 6.45) is 4.18. The van der Waals surface area contributed by atoms with Gasteiger partial charge in [-0.05, 0) is 37.6 Å². The number of rotatable bonds is 6. The lowest BCUT2D eigenvalue weighted by Crippen LogP contribution is -2.21. The molecule has 1 N–H and O–H groups in total. The van der Waals surface area contributed by atoms with E-state index in [2.05, 4.69) is 36.1 Å². The molecule has 2 heterocycles. The Balaban J connectivity index is 1.69. The van der Waals surface area contributed by atoms with E-state index in [4.69, 9.17) is 9.47 Å². The number of benzene rings is 1. The van der Waals surface area contributed by atoms with Crippen LogP contribution in [-0.2, 0) is 6.54 Å². The molecule has 0 saturated heterocycles. The number of hydrogen-bond donors (Lipinski definition) is 1. The molecule has 0 fully saturated rings. The second-order valence-electron chi connectivity index (χ2n) is 6.10. The van der Waals surface area contributed by atoms with Gasteiger partial charge in [0, 0.05) is 30.4 Å². The third-order valence-electron chi connectivity index (χ3n) is 4.07. The fourth-order valence-corrected chi connectivity index (χ4v) is 3.62. The normalized spacial score (nSPS) is 11.1. The summed E-state index contributed by atoms with van der Waals surface area (Å²) >= 11 is 1.51. The minimum atomic E-state index is -0.0629. The quantitative estimate of drug-likeness (QED) is 0.717. The van der Waals surface area contributed by atoms with Gasteiger partial charge in [-0.1, -0.05) is 6.07 Å². The van der Waals surface area contributed by atoms with Crippen molar-refractivity contribution in [3.63, 3.8) is 0 Å². The molecule has 0 aliphatic rings. The maximum absolute atomic E-state index is 12.4. The van der Waals surface area contributed by atoms with Crippen LogP contribution in [0.2, 0.25) is 0 Å². The van der Waals surface area contributed by atoms with Crippen molar-refractivity contribution in [1.82, 2.24) is 9.88 Å². The minimum absolute atomic E-state index is 0.0629. The maximum Gasteiger partial charge on any atom is 0.261 e. The smallest absolute Gasteiger partial charge is 0.261 e. The zero-order valence-corrected chi connectivity index (χ0v) is 15.6. The van der Waals surface area contributed by atoms with Gasteiger partial charge in [-0.25, -0.2) is 0 Å². The van der Waals surface area contributed by atoms with Crippen LogP contribution in [0.1, 0.15) is 35.1 Å². The summed E-state index contributed by atoms with van der Waals surface area (Å²) in [6, 6.07) is 7.99. The van der Waals surface area contributed by atoms with E-state index in [1.54, 1.807) is 14.2 Å². The number of nitrogens with zero attached hydrogens (tertiary/aromatic N) is 1. The van der Waals surface area contributed by atoms with Crippen LogP contribution in [0.5, 0.6) is 11.5 Å². The number of hydrogen-bond acceptors (Lipinski definition) is 4. The van der Waals surface area contributed by atoms with Crippen molar-refractivity contribution < 1.29 is 14.3 Å². The first-order chi connectivity index (χ1) is 12.0. The van der Waals surface area contributed by atoms with Crippen molar-refractivity contribution >= 4 is 27.3 Å². The fourth-order valence-electron chi connectivity index (χ4n) is 2.62. The average Bonchev–Trinajstić information content (AvgIpc) is 3.18. The van der Waals surface area contributed by atoms with Crippen LogP contribution in [0.15, 0.2) is 36.7 Å². The van der Waals surface area contributed by atoms with E-state index in [0.717, 1.165) is 20.5 Å². The zero-order chi connectivity index (χ0) is 18.0. The fraction of sp³-hybridized carbons (Fsp3) is 0.316. The van der Waals surface area contributed by atoms with Gasteiger partial charge >= 0.3 is 0 Å². The molecule has 5 nitrogen and oxygen atoms in total. The Kier molecular flexibility index (Phi) is 4.99. The van der Waals surface area contributed by atoms with Crippen LogP contribution < -0.4 is 14.8 Å². The molecule has 0 aliphatic carbocycles. The molecule has 0 spiro atoms. The number of nitrogens with one attached hydrogen (secondary N) is 1. The summed E-state index contributed by atoms with van der Waals surface area (Å²) in [6.45, 7) is 4.72. The van der Waals surface area contributed by atoms with Crippen molar-refractivity contribution in [2.75, 3.05) is 14.2 Å². The zero-order valence-electron chi connectivity index (χ0n) is 14.8.